The van der Waals surface area contributed by atoms with Gasteiger partial charge in [-0.1, -0.05) is 47.6 Å². The molecule has 0 spiro atoms. The fourth-order valence-electron chi connectivity index (χ4n) is 4.71. The van der Waals surface area contributed by atoms with Crippen LogP contribution in [0, 0.1) is 17.6 Å². The fraction of sp³-hybridized carbons (Fsp3) is 0.240. The first-order valence-electron chi connectivity index (χ1n) is 10.7. The Hall–Kier alpha value is -2.97. The second-order valence-corrected chi connectivity index (χ2v) is 9.66. The Morgan fingerprint density at radius 1 is 1.21 bits per heavy atom. The van der Waals surface area contributed by atoms with Crippen molar-refractivity contribution in [3.63, 3.8) is 0 Å². The van der Waals surface area contributed by atoms with Crippen molar-refractivity contribution < 1.29 is 18.3 Å². The number of benzene rings is 2. The third kappa shape index (κ3) is 3.95. The minimum Gasteiger partial charge on any atom is -0.481 e. The number of fused-ring (bicyclic) bond motifs is 2. The van der Waals surface area contributed by atoms with Crippen LogP contribution in [0.25, 0.3) is 0 Å². The molecule has 5 nitrogen and oxygen atoms in total. The maximum absolute atomic E-state index is 15.2. The summed E-state index contributed by atoms with van der Waals surface area (Å²) in [6.07, 6.45) is 2.31. The van der Waals surface area contributed by atoms with Crippen molar-refractivity contribution in [2.75, 3.05) is 12.9 Å². The van der Waals surface area contributed by atoms with Gasteiger partial charge in [0, 0.05) is 47.0 Å². The monoisotopic (exact) mass is 499 g/mol. The molecule has 2 aromatic carbocycles. The second kappa shape index (κ2) is 9.00. The van der Waals surface area contributed by atoms with Crippen molar-refractivity contribution in [3.8, 4) is 5.88 Å². The number of rotatable bonds is 3. The molecule has 1 aliphatic carbocycles. The minimum absolute atomic E-state index is 0.146. The number of halogens is 3. The molecule has 0 saturated carbocycles. The summed E-state index contributed by atoms with van der Waals surface area (Å²) < 4.78 is 34.5. The molecular weight excluding hydrogens is 480 g/mol. The fourth-order valence-corrected chi connectivity index (χ4v) is 6.10. The Balaban J connectivity index is 1.63. The van der Waals surface area contributed by atoms with Crippen LogP contribution in [0.2, 0.25) is 5.02 Å². The van der Waals surface area contributed by atoms with Crippen molar-refractivity contribution in [1.82, 2.24) is 10.3 Å². The van der Waals surface area contributed by atoms with E-state index < -0.39 is 17.2 Å². The lowest BCUT2D eigenvalue weighted by Gasteiger charge is -2.45. The van der Waals surface area contributed by atoms with Crippen LogP contribution in [-0.2, 0) is 18.4 Å². The number of amidine groups is 1. The molecule has 1 aliphatic heterocycles. The van der Waals surface area contributed by atoms with E-state index >= 15 is 4.39 Å². The van der Waals surface area contributed by atoms with Crippen LogP contribution in [-0.4, -0.2) is 28.9 Å². The Morgan fingerprint density at radius 2 is 2.00 bits per heavy atom. The van der Waals surface area contributed by atoms with Crippen LogP contribution in [0.1, 0.15) is 27.0 Å². The first-order chi connectivity index (χ1) is 16.4. The Bertz CT molecular complexity index is 1300. The van der Waals surface area contributed by atoms with E-state index in [2.05, 4.69) is 10.3 Å². The predicted octanol–water partition coefficient (Wildman–Crippen LogP) is 5.16. The highest BCUT2D eigenvalue weighted by molar-refractivity contribution is 8.13. The molecule has 1 aromatic heterocycles. The number of amides is 1. The summed E-state index contributed by atoms with van der Waals surface area (Å²) in [6, 6.07) is 12.3. The second-order valence-electron chi connectivity index (χ2n) is 8.25. The minimum atomic E-state index is -1.09. The molecule has 2 heterocycles. The molecule has 5 rings (SSSR count). The van der Waals surface area contributed by atoms with E-state index in [0.29, 0.717) is 33.8 Å². The summed E-state index contributed by atoms with van der Waals surface area (Å²) in [5.41, 5.74) is 1.29. The normalized spacial score (nSPS) is 21.2. The lowest BCUT2D eigenvalue weighted by molar-refractivity contribution is 0.0977. The number of nitrogens with zero attached hydrogens (tertiary/aromatic N) is 2. The average molecular weight is 500 g/mol. The highest BCUT2D eigenvalue weighted by Crippen LogP contribution is 2.51. The van der Waals surface area contributed by atoms with E-state index in [1.54, 1.807) is 30.5 Å². The van der Waals surface area contributed by atoms with Crippen molar-refractivity contribution in [2.24, 2.45) is 10.9 Å². The molecule has 174 valence electrons. The summed E-state index contributed by atoms with van der Waals surface area (Å²) in [7, 11) is 1.51. The van der Waals surface area contributed by atoms with Crippen molar-refractivity contribution >= 4 is 34.4 Å². The van der Waals surface area contributed by atoms with Crippen molar-refractivity contribution in [3.05, 3.63) is 93.6 Å². The molecule has 34 heavy (non-hydrogen) atoms. The Kier molecular flexibility index (Phi) is 6.04. The smallest absolute Gasteiger partial charge is 0.257 e. The van der Waals surface area contributed by atoms with Crippen LogP contribution in [0.3, 0.4) is 0 Å². The molecular formula is C25H20ClF2N3O2S. The van der Waals surface area contributed by atoms with Gasteiger partial charge < -0.3 is 10.1 Å². The van der Waals surface area contributed by atoms with E-state index in [-0.39, 0.29) is 23.8 Å². The van der Waals surface area contributed by atoms with E-state index in [9.17, 15) is 9.18 Å². The third-order valence-corrected chi connectivity index (χ3v) is 7.71. The molecule has 3 aromatic rings. The number of hydrogen-bond acceptors (Lipinski definition) is 5. The van der Waals surface area contributed by atoms with Gasteiger partial charge in [-0.2, -0.15) is 0 Å². The topological polar surface area (TPSA) is 63.6 Å². The van der Waals surface area contributed by atoms with E-state index in [4.69, 9.17) is 21.3 Å². The van der Waals surface area contributed by atoms with Crippen molar-refractivity contribution in [2.45, 2.75) is 18.4 Å². The number of aromatic nitrogens is 1. The standard InChI is InChI=1S/C25H20ClF2N3O2S/c1-33-23-18-11-25(19-8-7-16(27)10-21(19)28)15(9-17(18)20(26)12-29-23)13-34-24(31-25)30-22(32)14-5-3-2-4-6-14/h2-8,10,12,15H,9,11,13H2,1H3,(H,30,31,32)/t15-,25-/m0/s1. The lowest BCUT2D eigenvalue weighted by Crippen LogP contribution is -2.48. The molecule has 2 atom stereocenters. The maximum atomic E-state index is 15.2. The van der Waals surface area contributed by atoms with Gasteiger partial charge in [0.15, 0.2) is 5.17 Å². The quantitative estimate of drug-likeness (QED) is 0.540. The molecule has 1 amide bonds. The van der Waals surface area contributed by atoms with Crippen molar-refractivity contribution in [1.29, 1.82) is 0 Å². The number of aliphatic imine (C=N–C) groups is 1. The molecule has 0 radical (unpaired) electrons. The van der Waals surface area contributed by atoms with E-state index in [1.165, 1.54) is 31.0 Å². The molecule has 1 N–H and O–H groups in total. The predicted molar refractivity (Wildman–Crippen MR) is 129 cm³/mol. The van der Waals surface area contributed by atoms with Gasteiger partial charge in [-0.05, 0) is 30.2 Å². The molecule has 0 saturated heterocycles. The number of hydrogen-bond donors (Lipinski definition) is 1. The molecule has 0 fully saturated rings. The van der Waals surface area contributed by atoms with Crippen LogP contribution < -0.4 is 10.1 Å². The van der Waals surface area contributed by atoms with Gasteiger partial charge in [-0.25, -0.2) is 18.8 Å². The number of carbonyl (C=O) groups excluding carboxylic acids is 1. The summed E-state index contributed by atoms with van der Waals surface area (Å²) in [6.45, 7) is 0. The van der Waals surface area contributed by atoms with Gasteiger partial charge in [-0.3, -0.25) is 4.79 Å². The summed E-state index contributed by atoms with van der Waals surface area (Å²) in [4.78, 5) is 22.0. The number of ether oxygens (including phenoxy) is 1. The maximum Gasteiger partial charge on any atom is 0.257 e. The number of pyridine rings is 1. The van der Waals surface area contributed by atoms with Crippen LogP contribution in [0.5, 0.6) is 5.88 Å². The SMILES string of the molecule is COc1ncc(Cl)c2c1C[C@]1(c3ccc(F)cc3F)N=C(NC(=O)c3ccccc3)SC[C@@H]1C2. The molecule has 0 bridgehead atoms. The zero-order chi connectivity index (χ0) is 23.9. The Morgan fingerprint density at radius 3 is 2.74 bits per heavy atom. The summed E-state index contributed by atoms with van der Waals surface area (Å²) in [5.74, 6) is -0.856. The largest absolute Gasteiger partial charge is 0.481 e. The van der Waals surface area contributed by atoms with Crippen LogP contribution in [0.15, 0.2) is 59.7 Å². The van der Waals surface area contributed by atoms with E-state index in [0.717, 1.165) is 17.2 Å². The Labute approximate surface area is 204 Å². The number of carbonyl (C=O) groups is 1. The van der Waals surface area contributed by atoms with Gasteiger partial charge in [-0.15, -0.1) is 0 Å². The zero-order valence-corrected chi connectivity index (χ0v) is 19.7. The van der Waals surface area contributed by atoms with E-state index in [1.807, 2.05) is 6.07 Å². The van der Waals surface area contributed by atoms with Crippen LogP contribution in [0.4, 0.5) is 8.78 Å². The first-order valence-corrected chi connectivity index (χ1v) is 12.0. The summed E-state index contributed by atoms with van der Waals surface area (Å²) >= 11 is 7.87. The zero-order valence-electron chi connectivity index (χ0n) is 18.1. The molecule has 9 heteroatoms. The summed E-state index contributed by atoms with van der Waals surface area (Å²) in [5, 5.41) is 3.76. The highest BCUT2D eigenvalue weighted by Gasteiger charge is 2.49. The van der Waals surface area contributed by atoms with Gasteiger partial charge in [0.25, 0.3) is 5.91 Å². The number of thioether (sulfide) groups is 1. The van der Waals surface area contributed by atoms with Gasteiger partial charge in [0.2, 0.25) is 5.88 Å². The number of methoxy groups -OCH3 is 1. The highest BCUT2D eigenvalue weighted by atomic mass is 35.5. The molecule has 0 unspecified atom stereocenters. The van der Waals surface area contributed by atoms with Gasteiger partial charge in [0.1, 0.15) is 11.6 Å². The van der Waals surface area contributed by atoms with Gasteiger partial charge in [0.05, 0.1) is 17.7 Å². The number of nitrogens with one attached hydrogen (secondary N) is 1. The van der Waals surface area contributed by atoms with Crippen LogP contribution >= 0.6 is 23.4 Å². The third-order valence-electron chi connectivity index (χ3n) is 6.35. The molecule has 2 aliphatic rings. The first kappa shape index (κ1) is 22.8. The lowest BCUT2D eigenvalue weighted by atomic mass is 9.67. The van der Waals surface area contributed by atoms with Gasteiger partial charge >= 0.3 is 0 Å². The average Bonchev–Trinajstić information content (AvgIpc) is 2.83.